The van der Waals surface area contributed by atoms with Gasteiger partial charge in [0.05, 0.1) is 0 Å². The molecule has 0 radical (unpaired) electrons. The van der Waals surface area contributed by atoms with Crippen molar-refractivity contribution in [3.8, 4) is 0 Å². The predicted molar refractivity (Wildman–Crippen MR) is 79.6 cm³/mol. The molecule has 7 nitrogen and oxygen atoms in total. The third-order valence-corrected chi connectivity index (χ3v) is 4.55. The van der Waals surface area contributed by atoms with Gasteiger partial charge in [-0.15, -0.1) is 16.4 Å². The topological polar surface area (TPSA) is 88.5 Å². The maximum absolute atomic E-state index is 11.6. The highest BCUT2D eigenvalue weighted by Crippen LogP contribution is 2.32. The van der Waals surface area contributed by atoms with Gasteiger partial charge in [-0.05, 0) is 30.1 Å². The summed E-state index contributed by atoms with van der Waals surface area (Å²) >= 11 is 2.91. The molecule has 0 saturated heterocycles. The van der Waals surface area contributed by atoms with Gasteiger partial charge in [0.1, 0.15) is 9.86 Å². The Hall–Kier alpha value is -1.87. The number of anilines is 1. The van der Waals surface area contributed by atoms with Gasteiger partial charge in [-0.2, -0.15) is 0 Å². The fourth-order valence-electron chi connectivity index (χ4n) is 1.76. The van der Waals surface area contributed by atoms with E-state index in [-0.39, 0.29) is 5.69 Å². The molecule has 9 heteroatoms. The predicted octanol–water partition coefficient (Wildman–Crippen LogP) is 1.79. The molecule has 0 aliphatic heterocycles. The van der Waals surface area contributed by atoms with Crippen LogP contribution in [0.25, 0.3) is 10.2 Å². The van der Waals surface area contributed by atoms with Crippen LogP contribution in [0.4, 0.5) is 5.95 Å². The second-order valence-corrected chi connectivity index (χ2v) is 5.75. The molecule has 3 aromatic rings. The Morgan fingerprint density at radius 3 is 3.10 bits per heavy atom. The molecule has 2 N–H and O–H groups in total. The van der Waals surface area contributed by atoms with Crippen LogP contribution in [0.2, 0.25) is 0 Å². The molecule has 0 fully saturated rings. The summed E-state index contributed by atoms with van der Waals surface area (Å²) in [5.74, 6) is 0.559. The summed E-state index contributed by atoms with van der Waals surface area (Å²) in [6.45, 7) is 2.47. The van der Waals surface area contributed by atoms with E-state index in [4.69, 9.17) is 0 Å². The molecule has 3 aromatic heterocycles. The maximum Gasteiger partial charge on any atom is 0.343 e. The third-order valence-electron chi connectivity index (χ3n) is 2.74. The zero-order valence-corrected chi connectivity index (χ0v) is 12.5. The molecule has 0 atom stereocenters. The van der Waals surface area contributed by atoms with Crippen molar-refractivity contribution in [1.82, 2.24) is 24.7 Å². The monoisotopic (exact) mass is 308 g/mol. The molecular weight excluding hydrogens is 296 g/mol. The number of hydrogen-bond acceptors (Lipinski definition) is 7. The first kappa shape index (κ1) is 13.1. The fraction of sp³-hybridized carbons (Fsp3) is 0.273. The van der Waals surface area contributed by atoms with Crippen LogP contribution in [0.15, 0.2) is 26.4 Å². The van der Waals surface area contributed by atoms with E-state index < -0.39 is 0 Å². The number of hydrogen-bond donors (Lipinski definition) is 2. The normalized spacial score (nSPS) is 11.1. The molecular formula is C11H12N6OS2. The van der Waals surface area contributed by atoms with Gasteiger partial charge >= 0.3 is 5.69 Å². The quantitative estimate of drug-likeness (QED) is 0.714. The minimum Gasteiger partial charge on any atom is -0.357 e. The fourth-order valence-corrected chi connectivity index (χ4v) is 3.59. The van der Waals surface area contributed by atoms with Crippen LogP contribution in [0, 0.1) is 0 Å². The number of aromatic nitrogens is 5. The van der Waals surface area contributed by atoms with Crippen molar-refractivity contribution in [3.63, 3.8) is 0 Å². The number of rotatable bonds is 4. The van der Waals surface area contributed by atoms with Crippen LogP contribution in [-0.4, -0.2) is 31.8 Å². The first-order valence-electron chi connectivity index (χ1n) is 5.99. The number of aromatic amines is 1. The number of H-pyrrole nitrogens is 1. The van der Waals surface area contributed by atoms with Crippen LogP contribution in [0.3, 0.4) is 0 Å². The number of fused-ring (bicyclic) bond motifs is 1. The van der Waals surface area contributed by atoms with E-state index >= 15 is 0 Å². The summed E-state index contributed by atoms with van der Waals surface area (Å²) in [7, 11) is 1.78. The lowest BCUT2D eigenvalue weighted by Gasteiger charge is -2.05. The van der Waals surface area contributed by atoms with Crippen molar-refractivity contribution < 1.29 is 0 Å². The van der Waals surface area contributed by atoms with Gasteiger partial charge in [0.15, 0.2) is 5.16 Å². The minimum absolute atomic E-state index is 0.209. The lowest BCUT2D eigenvalue weighted by molar-refractivity contribution is 0.660. The highest BCUT2D eigenvalue weighted by molar-refractivity contribution is 7.99. The molecule has 0 saturated carbocycles. The van der Waals surface area contributed by atoms with Crippen LogP contribution in [0.1, 0.15) is 6.92 Å². The van der Waals surface area contributed by atoms with E-state index in [0.717, 1.165) is 15.2 Å². The van der Waals surface area contributed by atoms with Gasteiger partial charge in [-0.3, -0.25) is 4.57 Å². The maximum atomic E-state index is 11.6. The molecule has 0 aromatic carbocycles. The molecule has 20 heavy (non-hydrogen) atoms. The Morgan fingerprint density at radius 2 is 2.35 bits per heavy atom. The summed E-state index contributed by atoms with van der Waals surface area (Å²) < 4.78 is 1.57. The van der Waals surface area contributed by atoms with Crippen LogP contribution < -0.4 is 11.0 Å². The standard InChI is InChI=1S/C11H12N6OS2/c1-3-17-10(18)15-16-11(17)20-8-6-4-5-19-7(6)13-9(12-2)14-8/h4-5H,3H2,1-2H3,(H,15,18)(H,12,13,14). The van der Waals surface area contributed by atoms with Crippen LogP contribution >= 0.6 is 23.1 Å². The van der Waals surface area contributed by atoms with Crippen molar-refractivity contribution in [3.05, 3.63) is 21.9 Å². The van der Waals surface area contributed by atoms with Crippen LogP contribution in [0.5, 0.6) is 0 Å². The molecule has 0 aliphatic rings. The van der Waals surface area contributed by atoms with Gasteiger partial charge in [0.2, 0.25) is 5.95 Å². The van der Waals surface area contributed by atoms with E-state index in [0.29, 0.717) is 17.6 Å². The van der Waals surface area contributed by atoms with Gasteiger partial charge in [-0.1, -0.05) is 0 Å². The van der Waals surface area contributed by atoms with Gasteiger partial charge < -0.3 is 5.32 Å². The molecule has 0 spiro atoms. The lowest BCUT2D eigenvalue weighted by Crippen LogP contribution is -2.16. The van der Waals surface area contributed by atoms with Gasteiger partial charge in [0, 0.05) is 19.0 Å². The van der Waals surface area contributed by atoms with Crippen LogP contribution in [-0.2, 0) is 6.54 Å². The molecule has 3 heterocycles. The van der Waals surface area contributed by atoms with Crippen molar-refractivity contribution in [1.29, 1.82) is 0 Å². The van der Waals surface area contributed by atoms with E-state index in [2.05, 4.69) is 25.5 Å². The zero-order chi connectivity index (χ0) is 14.1. The summed E-state index contributed by atoms with van der Waals surface area (Å²) in [6.07, 6.45) is 0. The zero-order valence-electron chi connectivity index (χ0n) is 10.9. The average molecular weight is 308 g/mol. The molecule has 0 unspecified atom stereocenters. The van der Waals surface area contributed by atoms with Crippen molar-refractivity contribution >= 4 is 39.3 Å². The largest absolute Gasteiger partial charge is 0.357 e. The van der Waals surface area contributed by atoms with Crippen molar-refractivity contribution in [2.75, 3.05) is 12.4 Å². The number of nitrogens with one attached hydrogen (secondary N) is 2. The smallest absolute Gasteiger partial charge is 0.343 e. The summed E-state index contributed by atoms with van der Waals surface area (Å²) in [4.78, 5) is 21.3. The van der Waals surface area contributed by atoms with Crippen molar-refractivity contribution in [2.45, 2.75) is 23.7 Å². The third kappa shape index (κ3) is 2.18. The van der Waals surface area contributed by atoms with Gasteiger partial charge in [-0.25, -0.2) is 19.9 Å². The van der Waals surface area contributed by atoms with E-state index in [9.17, 15) is 4.79 Å². The Morgan fingerprint density at radius 1 is 1.50 bits per heavy atom. The molecule has 0 amide bonds. The van der Waals surface area contributed by atoms with E-state index in [1.165, 1.54) is 11.8 Å². The summed E-state index contributed by atoms with van der Waals surface area (Å²) in [5.41, 5.74) is -0.209. The highest BCUT2D eigenvalue weighted by atomic mass is 32.2. The minimum atomic E-state index is -0.209. The molecule has 0 bridgehead atoms. The van der Waals surface area contributed by atoms with E-state index in [1.54, 1.807) is 23.0 Å². The first-order chi connectivity index (χ1) is 9.72. The lowest BCUT2D eigenvalue weighted by atomic mass is 10.4. The Bertz CT molecular complexity index is 805. The number of thiophene rings is 1. The molecule has 0 aliphatic carbocycles. The van der Waals surface area contributed by atoms with E-state index in [1.807, 2.05) is 18.4 Å². The summed E-state index contributed by atoms with van der Waals surface area (Å²) in [5, 5.41) is 13.8. The van der Waals surface area contributed by atoms with Gasteiger partial charge in [0.25, 0.3) is 0 Å². The first-order valence-corrected chi connectivity index (χ1v) is 7.68. The molecule has 104 valence electrons. The second-order valence-electron chi connectivity index (χ2n) is 3.90. The SMILES string of the molecule is CCn1c(Sc2nc(NC)nc3sccc23)n[nH]c1=O. The highest BCUT2D eigenvalue weighted by Gasteiger charge is 2.14. The summed E-state index contributed by atoms with van der Waals surface area (Å²) in [6, 6.07) is 1.98. The Balaban J connectivity index is 2.09. The molecule has 3 rings (SSSR count). The van der Waals surface area contributed by atoms with Crippen molar-refractivity contribution in [2.24, 2.45) is 0 Å². The second kappa shape index (κ2) is 5.25. The Kier molecular flexibility index (Phi) is 3.45. The Labute approximate surface area is 122 Å². The number of nitrogens with zero attached hydrogens (tertiary/aromatic N) is 4. The average Bonchev–Trinajstić information content (AvgIpc) is 3.05.